The Bertz CT molecular complexity index is 613. The average Bonchev–Trinajstić information content (AvgIpc) is 2.86. The Labute approximate surface area is 141 Å². The molecule has 2 aromatic rings. The van der Waals surface area contributed by atoms with Gasteiger partial charge in [0.25, 0.3) is 0 Å². The van der Waals surface area contributed by atoms with Crippen LogP contribution >= 0.6 is 39.0 Å². The van der Waals surface area contributed by atoms with E-state index in [4.69, 9.17) is 0 Å². The van der Waals surface area contributed by atoms with Crippen molar-refractivity contribution in [2.75, 3.05) is 5.75 Å². The second-order valence-electron chi connectivity index (χ2n) is 4.87. The number of aromatic nitrogens is 1. The molecule has 1 N–H and O–H groups in total. The lowest BCUT2D eigenvalue weighted by molar-refractivity contribution is -0.119. The van der Waals surface area contributed by atoms with E-state index in [0.29, 0.717) is 5.75 Å². The van der Waals surface area contributed by atoms with Crippen molar-refractivity contribution in [3.63, 3.8) is 0 Å². The van der Waals surface area contributed by atoms with Crippen LogP contribution in [-0.4, -0.2) is 22.7 Å². The molecule has 112 valence electrons. The zero-order valence-corrected chi connectivity index (χ0v) is 15.1. The van der Waals surface area contributed by atoms with E-state index in [1.165, 1.54) is 0 Å². The molecule has 0 saturated heterocycles. The predicted octanol–water partition coefficient (Wildman–Crippen LogP) is 4.33. The van der Waals surface area contributed by atoms with Crippen LogP contribution < -0.4 is 5.32 Å². The monoisotopic (exact) mass is 384 g/mol. The normalized spacial score (nSPS) is 10.9. The molecule has 2 rings (SSSR count). The van der Waals surface area contributed by atoms with Gasteiger partial charge < -0.3 is 5.32 Å². The van der Waals surface area contributed by atoms with Crippen LogP contribution in [0.15, 0.2) is 34.1 Å². The van der Waals surface area contributed by atoms with Crippen LogP contribution in [0.5, 0.6) is 0 Å². The SMILES string of the molecule is CC(C)NC(=O)CSCc1csc(-c2cccc(Br)c2)n1. The summed E-state index contributed by atoms with van der Waals surface area (Å²) < 4.78 is 1.05. The number of thiazole rings is 1. The summed E-state index contributed by atoms with van der Waals surface area (Å²) in [6.07, 6.45) is 0. The summed E-state index contributed by atoms with van der Waals surface area (Å²) in [5.41, 5.74) is 2.14. The van der Waals surface area contributed by atoms with E-state index in [-0.39, 0.29) is 11.9 Å². The molecule has 3 nitrogen and oxygen atoms in total. The summed E-state index contributed by atoms with van der Waals surface area (Å²) in [5, 5.41) is 5.96. The summed E-state index contributed by atoms with van der Waals surface area (Å²) in [7, 11) is 0. The highest BCUT2D eigenvalue weighted by atomic mass is 79.9. The van der Waals surface area contributed by atoms with E-state index in [1.807, 2.05) is 26.0 Å². The lowest BCUT2D eigenvalue weighted by Crippen LogP contribution is -2.31. The lowest BCUT2D eigenvalue weighted by atomic mass is 10.2. The maximum absolute atomic E-state index is 11.6. The topological polar surface area (TPSA) is 42.0 Å². The first-order chi connectivity index (χ1) is 10.0. The molecule has 21 heavy (non-hydrogen) atoms. The second-order valence-corrected chi connectivity index (χ2v) is 7.63. The molecule has 0 saturated carbocycles. The lowest BCUT2D eigenvalue weighted by Gasteiger charge is -2.07. The van der Waals surface area contributed by atoms with E-state index in [1.54, 1.807) is 23.1 Å². The van der Waals surface area contributed by atoms with Gasteiger partial charge in [-0.15, -0.1) is 23.1 Å². The van der Waals surface area contributed by atoms with Gasteiger partial charge >= 0.3 is 0 Å². The van der Waals surface area contributed by atoms with Crippen molar-refractivity contribution in [2.45, 2.75) is 25.6 Å². The molecule has 0 radical (unpaired) electrons. The molecule has 0 fully saturated rings. The summed E-state index contributed by atoms with van der Waals surface area (Å²) in [6, 6.07) is 8.32. The highest BCUT2D eigenvalue weighted by Gasteiger charge is 2.07. The third kappa shape index (κ3) is 5.45. The highest BCUT2D eigenvalue weighted by Crippen LogP contribution is 2.27. The minimum atomic E-state index is 0.0810. The minimum absolute atomic E-state index is 0.0810. The number of hydrogen-bond acceptors (Lipinski definition) is 4. The van der Waals surface area contributed by atoms with E-state index in [2.05, 4.69) is 43.7 Å². The van der Waals surface area contributed by atoms with Crippen LogP contribution in [0.25, 0.3) is 10.6 Å². The molecular weight excluding hydrogens is 368 g/mol. The fourth-order valence-electron chi connectivity index (χ4n) is 1.74. The van der Waals surface area contributed by atoms with Crippen LogP contribution in [-0.2, 0) is 10.5 Å². The van der Waals surface area contributed by atoms with Gasteiger partial charge in [-0.3, -0.25) is 4.79 Å². The minimum Gasteiger partial charge on any atom is -0.353 e. The van der Waals surface area contributed by atoms with Crippen LogP contribution in [0.4, 0.5) is 0 Å². The van der Waals surface area contributed by atoms with Crippen molar-refractivity contribution in [2.24, 2.45) is 0 Å². The molecule has 0 aliphatic carbocycles. The maximum Gasteiger partial charge on any atom is 0.230 e. The van der Waals surface area contributed by atoms with Gasteiger partial charge in [-0.2, -0.15) is 0 Å². The van der Waals surface area contributed by atoms with E-state index in [0.717, 1.165) is 26.5 Å². The number of rotatable bonds is 6. The molecule has 1 aromatic heterocycles. The van der Waals surface area contributed by atoms with Crippen molar-refractivity contribution in [3.05, 3.63) is 39.8 Å². The zero-order chi connectivity index (χ0) is 15.2. The van der Waals surface area contributed by atoms with E-state index >= 15 is 0 Å². The Morgan fingerprint density at radius 2 is 2.29 bits per heavy atom. The number of carbonyl (C=O) groups excluding carboxylic acids is 1. The van der Waals surface area contributed by atoms with Crippen LogP contribution in [0.1, 0.15) is 19.5 Å². The van der Waals surface area contributed by atoms with E-state index in [9.17, 15) is 4.79 Å². The van der Waals surface area contributed by atoms with Gasteiger partial charge in [0, 0.05) is 27.2 Å². The number of hydrogen-bond donors (Lipinski definition) is 1. The van der Waals surface area contributed by atoms with Crippen molar-refractivity contribution in [3.8, 4) is 10.6 Å². The molecule has 1 aromatic carbocycles. The average molecular weight is 385 g/mol. The Balaban J connectivity index is 1.88. The second kappa shape index (κ2) is 7.96. The Morgan fingerprint density at radius 3 is 3.00 bits per heavy atom. The standard InChI is InChI=1S/C15H17BrN2OS2/c1-10(2)17-14(19)9-20-7-13-8-21-15(18-13)11-4-3-5-12(16)6-11/h3-6,8,10H,7,9H2,1-2H3,(H,17,19). The molecule has 0 spiro atoms. The molecule has 0 unspecified atom stereocenters. The fourth-order valence-corrected chi connectivity index (χ4v) is 3.79. The molecule has 6 heteroatoms. The van der Waals surface area contributed by atoms with Crippen LogP contribution in [0, 0.1) is 0 Å². The summed E-state index contributed by atoms with van der Waals surface area (Å²) in [6.45, 7) is 3.93. The maximum atomic E-state index is 11.6. The third-order valence-corrected chi connectivity index (χ3v) is 4.96. The smallest absolute Gasteiger partial charge is 0.230 e. The fraction of sp³-hybridized carbons (Fsp3) is 0.333. The Morgan fingerprint density at radius 1 is 1.48 bits per heavy atom. The van der Waals surface area contributed by atoms with Crippen molar-refractivity contribution < 1.29 is 4.79 Å². The molecule has 0 bridgehead atoms. The van der Waals surface area contributed by atoms with Crippen molar-refractivity contribution in [1.82, 2.24) is 10.3 Å². The van der Waals surface area contributed by atoms with Crippen molar-refractivity contribution >= 4 is 44.9 Å². The molecular formula is C15H17BrN2OS2. The summed E-state index contributed by atoms with van der Waals surface area (Å²) in [4.78, 5) is 16.2. The summed E-state index contributed by atoms with van der Waals surface area (Å²) in [5.74, 6) is 1.32. The number of amides is 1. The number of nitrogens with zero attached hydrogens (tertiary/aromatic N) is 1. The van der Waals surface area contributed by atoms with Gasteiger partial charge in [0.15, 0.2) is 0 Å². The Hall–Kier alpha value is -0.850. The molecule has 1 amide bonds. The summed E-state index contributed by atoms with van der Waals surface area (Å²) >= 11 is 6.70. The number of nitrogens with one attached hydrogen (secondary N) is 1. The molecule has 1 heterocycles. The molecule has 0 aliphatic rings. The van der Waals surface area contributed by atoms with Gasteiger partial charge in [-0.1, -0.05) is 28.1 Å². The first-order valence-corrected chi connectivity index (χ1v) is 9.45. The van der Waals surface area contributed by atoms with Crippen molar-refractivity contribution in [1.29, 1.82) is 0 Å². The van der Waals surface area contributed by atoms with Gasteiger partial charge in [0.05, 0.1) is 11.4 Å². The van der Waals surface area contributed by atoms with Crippen LogP contribution in [0.2, 0.25) is 0 Å². The van der Waals surface area contributed by atoms with Crippen LogP contribution in [0.3, 0.4) is 0 Å². The highest BCUT2D eigenvalue weighted by molar-refractivity contribution is 9.10. The van der Waals surface area contributed by atoms with Gasteiger partial charge in [0.1, 0.15) is 5.01 Å². The zero-order valence-electron chi connectivity index (χ0n) is 11.9. The first kappa shape index (κ1) is 16.5. The van der Waals surface area contributed by atoms with E-state index < -0.39 is 0 Å². The predicted molar refractivity (Wildman–Crippen MR) is 94.7 cm³/mol. The largest absolute Gasteiger partial charge is 0.353 e. The third-order valence-electron chi connectivity index (χ3n) is 2.56. The van der Waals surface area contributed by atoms with Gasteiger partial charge in [0.2, 0.25) is 5.91 Å². The number of thioether (sulfide) groups is 1. The van der Waals surface area contributed by atoms with Gasteiger partial charge in [-0.05, 0) is 26.0 Å². The first-order valence-electron chi connectivity index (χ1n) is 6.62. The number of halogens is 1. The number of carbonyl (C=O) groups is 1. The Kier molecular flexibility index (Phi) is 6.26. The molecule has 0 atom stereocenters. The quantitative estimate of drug-likeness (QED) is 0.805. The molecule has 0 aliphatic heterocycles. The number of benzene rings is 1. The van der Waals surface area contributed by atoms with Gasteiger partial charge in [-0.25, -0.2) is 4.98 Å².